The van der Waals surface area contributed by atoms with E-state index in [1.54, 1.807) is 20.8 Å². The third kappa shape index (κ3) is 4.79. The number of aromatic nitrogens is 2. The molecule has 0 fully saturated rings. The second-order valence-corrected chi connectivity index (χ2v) is 6.42. The summed E-state index contributed by atoms with van der Waals surface area (Å²) >= 11 is 0. The Hall–Kier alpha value is -2.41. The number of alkyl carbamates (subject to hydrolysis) is 1. The van der Waals surface area contributed by atoms with Crippen LogP contribution >= 0.6 is 0 Å². The quantitative estimate of drug-likeness (QED) is 0.872. The van der Waals surface area contributed by atoms with Gasteiger partial charge in [0.25, 0.3) is 0 Å². The van der Waals surface area contributed by atoms with Crippen LogP contribution in [0.2, 0.25) is 0 Å². The first kappa shape index (κ1) is 17.9. The van der Waals surface area contributed by atoms with Crippen molar-refractivity contribution in [2.75, 3.05) is 0 Å². The lowest BCUT2D eigenvalue weighted by atomic mass is 10.1. The Morgan fingerprint density at radius 2 is 1.96 bits per heavy atom. The van der Waals surface area contributed by atoms with Crippen LogP contribution in [0.5, 0.6) is 0 Å². The topological polar surface area (TPSA) is 97.5 Å². The summed E-state index contributed by atoms with van der Waals surface area (Å²) in [6, 6.07) is 8.67. The number of carbonyl (C=O) groups excluding carboxylic acids is 1. The normalized spacial score (nSPS) is 14.0. The van der Waals surface area contributed by atoms with Gasteiger partial charge in [0.1, 0.15) is 5.60 Å². The van der Waals surface area contributed by atoms with Crippen molar-refractivity contribution < 1.29 is 19.1 Å². The second kappa shape index (κ2) is 7.44. The van der Waals surface area contributed by atoms with Gasteiger partial charge in [0, 0.05) is 5.56 Å². The minimum absolute atomic E-state index is 0.0526. The molecule has 2 rings (SSSR count). The summed E-state index contributed by atoms with van der Waals surface area (Å²) in [5.41, 5.74) is 0.148. The Morgan fingerprint density at radius 1 is 1.29 bits per heavy atom. The molecule has 0 bridgehead atoms. The highest BCUT2D eigenvalue weighted by atomic mass is 16.6. The van der Waals surface area contributed by atoms with Gasteiger partial charge in [0.05, 0.1) is 6.04 Å². The van der Waals surface area contributed by atoms with Gasteiger partial charge >= 0.3 is 6.09 Å². The van der Waals surface area contributed by atoms with E-state index in [0.29, 0.717) is 12.3 Å². The van der Waals surface area contributed by atoms with Crippen LogP contribution in [0, 0.1) is 0 Å². The molecule has 0 radical (unpaired) electrons. The number of aliphatic hydroxyl groups excluding tert-OH is 1. The summed E-state index contributed by atoms with van der Waals surface area (Å²) in [5, 5.41) is 20.9. The van der Waals surface area contributed by atoms with Gasteiger partial charge in [0.2, 0.25) is 11.8 Å². The number of hydrogen-bond donors (Lipinski definition) is 2. The highest BCUT2D eigenvalue weighted by molar-refractivity contribution is 5.68. The van der Waals surface area contributed by atoms with E-state index < -0.39 is 23.8 Å². The van der Waals surface area contributed by atoms with Crippen molar-refractivity contribution in [3.8, 4) is 11.5 Å². The number of ether oxygens (including phenoxy) is 1. The highest BCUT2D eigenvalue weighted by Crippen LogP contribution is 2.23. The van der Waals surface area contributed by atoms with E-state index in [2.05, 4.69) is 15.5 Å². The molecule has 130 valence electrons. The molecule has 0 spiro atoms. The van der Waals surface area contributed by atoms with Crippen LogP contribution in [0.25, 0.3) is 11.5 Å². The molecule has 7 heteroatoms. The lowest BCUT2D eigenvalue weighted by molar-refractivity contribution is 0.0385. The number of aliphatic hydroxyl groups is 1. The van der Waals surface area contributed by atoms with Gasteiger partial charge in [-0.2, -0.15) is 0 Å². The summed E-state index contributed by atoms with van der Waals surface area (Å²) in [7, 11) is 0. The Balaban J connectivity index is 2.07. The van der Waals surface area contributed by atoms with Crippen molar-refractivity contribution >= 4 is 6.09 Å². The molecule has 0 saturated heterocycles. The monoisotopic (exact) mass is 333 g/mol. The van der Waals surface area contributed by atoms with E-state index in [-0.39, 0.29) is 5.89 Å². The summed E-state index contributed by atoms with van der Waals surface area (Å²) in [5.74, 6) is 0.369. The molecular formula is C17H23N3O4. The fraction of sp³-hybridized carbons (Fsp3) is 0.471. The lowest BCUT2D eigenvalue weighted by Gasteiger charge is -2.24. The molecule has 0 aliphatic rings. The van der Waals surface area contributed by atoms with Crippen LogP contribution in [0.4, 0.5) is 4.79 Å². The largest absolute Gasteiger partial charge is 0.444 e. The molecule has 2 atom stereocenters. The standard InChI is InChI=1S/C17H23N3O4/c1-5-12(18-16(22)24-17(2,3)4)13(21)15-20-19-14(23-15)11-9-7-6-8-10-11/h6-10,12-13,21H,5H2,1-4H3,(H,18,22). The highest BCUT2D eigenvalue weighted by Gasteiger charge is 2.28. The van der Waals surface area contributed by atoms with E-state index in [1.165, 1.54) is 0 Å². The molecule has 1 heterocycles. The maximum atomic E-state index is 11.9. The summed E-state index contributed by atoms with van der Waals surface area (Å²) in [6.07, 6.45) is -1.24. The molecule has 24 heavy (non-hydrogen) atoms. The summed E-state index contributed by atoms with van der Waals surface area (Å²) in [4.78, 5) is 11.9. The number of carbonyl (C=O) groups is 1. The zero-order valence-corrected chi connectivity index (χ0v) is 14.3. The minimum atomic E-state index is -1.12. The number of nitrogens with zero attached hydrogens (tertiary/aromatic N) is 2. The Bertz CT molecular complexity index is 664. The third-order valence-electron chi connectivity index (χ3n) is 3.24. The number of rotatable bonds is 5. The molecule has 1 aromatic carbocycles. The van der Waals surface area contributed by atoms with Crippen molar-refractivity contribution in [2.24, 2.45) is 0 Å². The smallest absolute Gasteiger partial charge is 0.407 e. The van der Waals surface area contributed by atoms with Crippen molar-refractivity contribution in [3.63, 3.8) is 0 Å². The first-order valence-corrected chi connectivity index (χ1v) is 7.86. The Kier molecular flexibility index (Phi) is 5.56. The molecule has 0 saturated carbocycles. The minimum Gasteiger partial charge on any atom is -0.444 e. The number of amides is 1. The second-order valence-electron chi connectivity index (χ2n) is 6.42. The molecule has 0 aliphatic carbocycles. The van der Waals surface area contributed by atoms with Gasteiger partial charge in [-0.05, 0) is 39.3 Å². The van der Waals surface area contributed by atoms with Crippen LogP contribution in [0.15, 0.2) is 34.7 Å². The Labute approximate surface area is 141 Å². The maximum absolute atomic E-state index is 11.9. The molecular weight excluding hydrogens is 310 g/mol. The van der Waals surface area contributed by atoms with Crippen molar-refractivity contribution in [1.29, 1.82) is 0 Å². The van der Waals surface area contributed by atoms with E-state index >= 15 is 0 Å². The zero-order chi connectivity index (χ0) is 17.7. The molecule has 7 nitrogen and oxygen atoms in total. The predicted molar refractivity (Wildman–Crippen MR) is 88.1 cm³/mol. The van der Waals surface area contributed by atoms with Crippen LogP contribution in [-0.4, -0.2) is 33.0 Å². The average Bonchev–Trinajstić information content (AvgIpc) is 3.01. The van der Waals surface area contributed by atoms with Gasteiger partial charge < -0.3 is 19.6 Å². The van der Waals surface area contributed by atoms with Gasteiger partial charge in [-0.15, -0.1) is 10.2 Å². The summed E-state index contributed by atoms with van der Waals surface area (Å²) in [6.45, 7) is 7.15. The van der Waals surface area contributed by atoms with Crippen LogP contribution < -0.4 is 5.32 Å². The fourth-order valence-corrected chi connectivity index (χ4v) is 2.09. The van der Waals surface area contributed by atoms with Crippen LogP contribution in [0.3, 0.4) is 0 Å². The van der Waals surface area contributed by atoms with E-state index in [0.717, 1.165) is 5.56 Å². The van der Waals surface area contributed by atoms with E-state index in [1.807, 2.05) is 37.3 Å². The van der Waals surface area contributed by atoms with Gasteiger partial charge in [-0.1, -0.05) is 25.1 Å². The molecule has 2 aromatic rings. The van der Waals surface area contributed by atoms with Crippen molar-refractivity contribution in [3.05, 3.63) is 36.2 Å². The van der Waals surface area contributed by atoms with Crippen molar-refractivity contribution in [1.82, 2.24) is 15.5 Å². The van der Waals surface area contributed by atoms with E-state index in [4.69, 9.17) is 9.15 Å². The first-order valence-electron chi connectivity index (χ1n) is 7.86. The summed E-state index contributed by atoms with van der Waals surface area (Å²) < 4.78 is 10.7. The Morgan fingerprint density at radius 3 is 2.54 bits per heavy atom. The van der Waals surface area contributed by atoms with Crippen LogP contribution in [-0.2, 0) is 4.74 Å². The zero-order valence-electron chi connectivity index (χ0n) is 14.3. The van der Waals surface area contributed by atoms with Crippen molar-refractivity contribution in [2.45, 2.75) is 51.9 Å². The predicted octanol–water partition coefficient (Wildman–Crippen LogP) is 3.07. The average molecular weight is 333 g/mol. The fourth-order valence-electron chi connectivity index (χ4n) is 2.09. The maximum Gasteiger partial charge on any atom is 0.407 e. The number of benzene rings is 1. The molecule has 2 unspecified atom stereocenters. The van der Waals surface area contributed by atoms with Crippen LogP contribution in [0.1, 0.15) is 46.1 Å². The SMILES string of the molecule is CCC(NC(=O)OC(C)(C)C)C(O)c1nnc(-c2ccccc2)o1. The first-order chi connectivity index (χ1) is 11.3. The van der Waals surface area contributed by atoms with Gasteiger partial charge in [-0.3, -0.25) is 0 Å². The molecule has 0 aliphatic heterocycles. The molecule has 1 amide bonds. The van der Waals surface area contributed by atoms with Gasteiger partial charge in [0.15, 0.2) is 6.10 Å². The number of nitrogens with one attached hydrogen (secondary N) is 1. The van der Waals surface area contributed by atoms with Gasteiger partial charge in [-0.25, -0.2) is 4.79 Å². The number of hydrogen-bond acceptors (Lipinski definition) is 6. The molecule has 2 N–H and O–H groups in total. The lowest BCUT2D eigenvalue weighted by Crippen LogP contribution is -2.42. The van der Waals surface area contributed by atoms with E-state index in [9.17, 15) is 9.90 Å². The molecule has 1 aromatic heterocycles. The third-order valence-corrected chi connectivity index (χ3v) is 3.24.